The quantitative estimate of drug-likeness (QED) is 0.822. The lowest BCUT2D eigenvalue weighted by Crippen LogP contribution is -2.34. The van der Waals surface area contributed by atoms with Crippen molar-refractivity contribution in [2.45, 2.75) is 70.3 Å². The second-order valence-electron chi connectivity index (χ2n) is 7.22. The van der Waals surface area contributed by atoms with Gasteiger partial charge in [0.15, 0.2) is 5.82 Å². The summed E-state index contributed by atoms with van der Waals surface area (Å²) in [5, 5.41) is 4.02. The van der Waals surface area contributed by atoms with E-state index in [-0.39, 0.29) is 11.9 Å². The molecular formula is C19H25N3O3. The highest BCUT2D eigenvalue weighted by Crippen LogP contribution is 2.38. The first kappa shape index (κ1) is 16.4. The zero-order chi connectivity index (χ0) is 17.2. The zero-order valence-electron chi connectivity index (χ0n) is 14.7. The molecule has 1 aliphatic heterocycles. The number of hydrogen-bond acceptors (Lipinski definition) is 5. The van der Waals surface area contributed by atoms with Gasteiger partial charge in [-0.05, 0) is 44.7 Å². The normalized spacial score (nSPS) is 21.3. The second kappa shape index (κ2) is 7.02. The molecule has 1 aliphatic carbocycles. The van der Waals surface area contributed by atoms with Crippen molar-refractivity contribution >= 4 is 5.91 Å². The van der Waals surface area contributed by atoms with Crippen molar-refractivity contribution < 1.29 is 13.7 Å². The topological polar surface area (TPSA) is 72.4 Å². The van der Waals surface area contributed by atoms with Gasteiger partial charge in [-0.2, -0.15) is 4.98 Å². The van der Waals surface area contributed by atoms with Crippen molar-refractivity contribution in [1.82, 2.24) is 15.0 Å². The number of amides is 1. The minimum atomic E-state index is 0.0495. The highest BCUT2D eigenvalue weighted by molar-refractivity contribution is 5.76. The van der Waals surface area contributed by atoms with Crippen LogP contribution in [0.2, 0.25) is 0 Å². The fourth-order valence-electron chi connectivity index (χ4n) is 3.57. The summed E-state index contributed by atoms with van der Waals surface area (Å²) in [5.74, 6) is 3.81. The number of aryl methyl sites for hydroxylation is 2. The maximum atomic E-state index is 12.9. The van der Waals surface area contributed by atoms with E-state index < -0.39 is 0 Å². The van der Waals surface area contributed by atoms with E-state index >= 15 is 0 Å². The second-order valence-corrected chi connectivity index (χ2v) is 7.22. The van der Waals surface area contributed by atoms with E-state index in [1.807, 2.05) is 24.0 Å². The molecule has 0 N–H and O–H groups in total. The van der Waals surface area contributed by atoms with Crippen molar-refractivity contribution in [3.63, 3.8) is 0 Å². The number of rotatable bonds is 5. The summed E-state index contributed by atoms with van der Waals surface area (Å²) >= 11 is 0. The van der Waals surface area contributed by atoms with Crippen LogP contribution in [0.3, 0.4) is 0 Å². The lowest BCUT2D eigenvalue weighted by Gasteiger charge is -2.28. The summed E-state index contributed by atoms with van der Waals surface area (Å²) in [4.78, 5) is 19.3. The third-order valence-electron chi connectivity index (χ3n) is 5.14. The minimum absolute atomic E-state index is 0.0495. The van der Waals surface area contributed by atoms with Crippen molar-refractivity contribution in [3.8, 4) is 0 Å². The summed E-state index contributed by atoms with van der Waals surface area (Å²) in [5.41, 5.74) is 0. The molecule has 6 heteroatoms. The molecule has 3 heterocycles. The number of carbonyl (C=O) groups is 1. The smallest absolute Gasteiger partial charge is 0.227 e. The Kier molecular flexibility index (Phi) is 4.59. The first-order chi connectivity index (χ1) is 12.2. The summed E-state index contributed by atoms with van der Waals surface area (Å²) < 4.78 is 11.1. The monoisotopic (exact) mass is 343 g/mol. The van der Waals surface area contributed by atoms with Gasteiger partial charge in [-0.25, -0.2) is 0 Å². The van der Waals surface area contributed by atoms with E-state index in [2.05, 4.69) is 10.1 Å². The number of aromatic nitrogens is 2. The number of hydrogen-bond donors (Lipinski definition) is 0. The summed E-state index contributed by atoms with van der Waals surface area (Å²) in [6.45, 7) is 2.74. The third kappa shape index (κ3) is 3.78. The largest absolute Gasteiger partial charge is 0.464 e. The van der Waals surface area contributed by atoms with Crippen LogP contribution in [0, 0.1) is 6.92 Å². The van der Waals surface area contributed by atoms with E-state index in [9.17, 15) is 4.79 Å². The standard InChI is InChI=1S/C19H25N3O3/c1-13-6-9-16(24-13)15-5-3-2-4-12-22(15)18(23)11-10-17-20-19(21-25-17)14-7-8-14/h6,9,14-15H,2-5,7-8,10-12H2,1H3/t15-/m1/s1. The van der Waals surface area contributed by atoms with Gasteiger partial charge in [0.2, 0.25) is 11.8 Å². The van der Waals surface area contributed by atoms with Crippen LogP contribution in [0.1, 0.15) is 80.1 Å². The number of likely N-dealkylation sites (tertiary alicyclic amines) is 1. The molecule has 134 valence electrons. The molecule has 0 radical (unpaired) electrons. The fourth-order valence-corrected chi connectivity index (χ4v) is 3.57. The molecular weight excluding hydrogens is 318 g/mol. The van der Waals surface area contributed by atoms with Gasteiger partial charge in [0.25, 0.3) is 0 Å². The summed E-state index contributed by atoms with van der Waals surface area (Å²) in [7, 11) is 0. The Morgan fingerprint density at radius 2 is 2.12 bits per heavy atom. The predicted octanol–water partition coefficient (Wildman–Crippen LogP) is 3.92. The minimum Gasteiger partial charge on any atom is -0.464 e. The average Bonchev–Trinajstić information content (AvgIpc) is 3.28. The first-order valence-electron chi connectivity index (χ1n) is 9.39. The van der Waals surface area contributed by atoms with Crippen molar-refractivity contribution in [2.24, 2.45) is 0 Å². The number of nitrogens with zero attached hydrogens (tertiary/aromatic N) is 3. The van der Waals surface area contributed by atoms with Crippen LogP contribution >= 0.6 is 0 Å². The molecule has 1 amide bonds. The molecule has 0 bridgehead atoms. The van der Waals surface area contributed by atoms with Gasteiger partial charge >= 0.3 is 0 Å². The van der Waals surface area contributed by atoms with Crippen molar-refractivity contribution in [2.75, 3.05) is 6.54 Å². The third-order valence-corrected chi connectivity index (χ3v) is 5.14. The maximum absolute atomic E-state index is 12.9. The molecule has 2 aromatic heterocycles. The highest BCUT2D eigenvalue weighted by atomic mass is 16.5. The molecule has 0 spiro atoms. The summed E-state index contributed by atoms with van der Waals surface area (Å²) in [6.07, 6.45) is 7.52. The van der Waals surface area contributed by atoms with Gasteiger partial charge in [-0.3, -0.25) is 4.79 Å². The number of furan rings is 1. The summed E-state index contributed by atoms with van der Waals surface area (Å²) in [6, 6.07) is 4.03. The van der Waals surface area contributed by atoms with Gasteiger partial charge in [-0.1, -0.05) is 18.0 Å². The van der Waals surface area contributed by atoms with Gasteiger partial charge in [0, 0.05) is 25.3 Å². The van der Waals surface area contributed by atoms with Crippen LogP contribution in [-0.4, -0.2) is 27.5 Å². The van der Waals surface area contributed by atoms with Gasteiger partial charge in [0.05, 0.1) is 6.04 Å². The zero-order valence-corrected chi connectivity index (χ0v) is 14.7. The molecule has 0 unspecified atom stereocenters. The van der Waals surface area contributed by atoms with Crippen LogP contribution in [-0.2, 0) is 11.2 Å². The van der Waals surface area contributed by atoms with Crippen LogP contribution in [0.4, 0.5) is 0 Å². The SMILES string of the molecule is Cc1ccc([C@H]2CCCCCN2C(=O)CCc2nc(C3CC3)no2)o1. The van der Waals surface area contributed by atoms with Crippen LogP contribution in [0.25, 0.3) is 0 Å². The van der Waals surface area contributed by atoms with E-state index in [0.717, 1.165) is 62.4 Å². The number of carbonyl (C=O) groups excluding carboxylic acids is 1. The Balaban J connectivity index is 1.41. The van der Waals surface area contributed by atoms with E-state index in [1.165, 1.54) is 0 Å². The van der Waals surface area contributed by atoms with E-state index in [4.69, 9.17) is 8.94 Å². The van der Waals surface area contributed by atoms with Gasteiger partial charge in [-0.15, -0.1) is 0 Å². The predicted molar refractivity (Wildman–Crippen MR) is 91.0 cm³/mol. The first-order valence-corrected chi connectivity index (χ1v) is 9.39. The lowest BCUT2D eigenvalue weighted by molar-refractivity contribution is -0.134. The molecule has 25 heavy (non-hydrogen) atoms. The van der Waals surface area contributed by atoms with Crippen molar-refractivity contribution in [1.29, 1.82) is 0 Å². The Labute approximate surface area is 147 Å². The van der Waals surface area contributed by atoms with Crippen LogP contribution in [0.15, 0.2) is 21.1 Å². The van der Waals surface area contributed by atoms with Gasteiger partial charge in [0.1, 0.15) is 11.5 Å². The molecule has 1 saturated carbocycles. The molecule has 2 aromatic rings. The molecule has 0 aromatic carbocycles. The molecule has 2 aliphatic rings. The molecule has 1 saturated heterocycles. The molecule has 4 rings (SSSR count). The molecule has 2 fully saturated rings. The van der Waals surface area contributed by atoms with Crippen LogP contribution in [0.5, 0.6) is 0 Å². The Morgan fingerprint density at radius 3 is 2.88 bits per heavy atom. The van der Waals surface area contributed by atoms with Gasteiger partial charge < -0.3 is 13.8 Å². The average molecular weight is 343 g/mol. The molecule has 6 nitrogen and oxygen atoms in total. The van der Waals surface area contributed by atoms with Crippen LogP contribution < -0.4 is 0 Å². The fraction of sp³-hybridized carbons (Fsp3) is 0.632. The Hall–Kier alpha value is -2.11. The lowest BCUT2D eigenvalue weighted by atomic mass is 10.1. The highest BCUT2D eigenvalue weighted by Gasteiger charge is 2.30. The Bertz CT molecular complexity index is 732. The van der Waals surface area contributed by atoms with Crippen molar-refractivity contribution in [3.05, 3.63) is 35.4 Å². The van der Waals surface area contributed by atoms with E-state index in [1.54, 1.807) is 0 Å². The Morgan fingerprint density at radius 1 is 1.24 bits per heavy atom. The molecule has 1 atom stereocenters. The maximum Gasteiger partial charge on any atom is 0.227 e. The van der Waals surface area contributed by atoms with E-state index in [0.29, 0.717) is 24.7 Å².